The van der Waals surface area contributed by atoms with Gasteiger partial charge in [-0.25, -0.2) is 0 Å². The second-order valence-electron chi connectivity index (χ2n) is 7.14. The van der Waals surface area contributed by atoms with Crippen molar-refractivity contribution in [3.63, 3.8) is 0 Å². The van der Waals surface area contributed by atoms with Crippen LogP contribution in [-0.2, 0) is 33.2 Å². The first-order chi connectivity index (χ1) is 14.2. The predicted octanol–water partition coefficient (Wildman–Crippen LogP) is 3.05. The number of carbonyl (C=O) groups is 1. The highest BCUT2D eigenvalue weighted by Crippen LogP contribution is 2.34. The molecule has 30 heavy (non-hydrogen) atoms. The van der Waals surface area contributed by atoms with Crippen molar-refractivity contribution in [2.75, 3.05) is 13.7 Å². The monoisotopic (exact) mass is 419 g/mol. The molecule has 3 heterocycles. The minimum atomic E-state index is -4.52. The van der Waals surface area contributed by atoms with Gasteiger partial charge < -0.3 is 9.64 Å². The highest BCUT2D eigenvalue weighted by Gasteiger charge is 2.36. The minimum absolute atomic E-state index is 0.147. The van der Waals surface area contributed by atoms with E-state index in [2.05, 4.69) is 10.2 Å². The Balaban J connectivity index is 1.64. The molecule has 1 aliphatic heterocycles. The summed E-state index contributed by atoms with van der Waals surface area (Å²) in [6.07, 6.45) is -4.03. The first-order valence-corrected chi connectivity index (χ1v) is 9.28. The third-order valence-electron chi connectivity index (χ3n) is 5.22. The van der Waals surface area contributed by atoms with E-state index >= 15 is 0 Å². The third-order valence-corrected chi connectivity index (χ3v) is 5.22. The van der Waals surface area contributed by atoms with E-state index in [1.807, 2.05) is 0 Å². The Morgan fingerprint density at radius 1 is 1.13 bits per heavy atom. The van der Waals surface area contributed by atoms with Crippen LogP contribution in [-0.4, -0.2) is 44.0 Å². The second kappa shape index (κ2) is 7.19. The summed E-state index contributed by atoms with van der Waals surface area (Å²) >= 11 is 0. The molecule has 4 rings (SSSR count). The molecule has 7 nitrogen and oxygen atoms in total. The van der Waals surface area contributed by atoms with Crippen LogP contribution in [0.4, 0.5) is 13.2 Å². The van der Waals surface area contributed by atoms with Gasteiger partial charge in [-0.3, -0.25) is 14.2 Å². The van der Waals surface area contributed by atoms with Crippen molar-refractivity contribution in [1.29, 1.82) is 0 Å². The van der Waals surface area contributed by atoms with Crippen LogP contribution in [0.2, 0.25) is 0 Å². The SMILES string of the molecule is COc1cccc(C(=O)N2CCc3c(nn(C)c3-c3cc(C(F)(F)F)nn3C)C2)c1. The standard InChI is InChI=1S/C20H20F3N5O2/c1-26-16(10-17(25-26)20(21,22)23)18-14-7-8-28(11-15(14)24-27(18)2)19(29)12-5-4-6-13(9-12)30-3/h4-6,9-10H,7-8,11H2,1-3H3. The first kappa shape index (κ1) is 20.0. The predicted molar refractivity (Wildman–Crippen MR) is 102 cm³/mol. The lowest BCUT2D eigenvalue weighted by Gasteiger charge is -2.26. The number of hydrogen-bond donors (Lipinski definition) is 0. The number of hydrogen-bond acceptors (Lipinski definition) is 4. The molecule has 0 spiro atoms. The highest BCUT2D eigenvalue weighted by molar-refractivity contribution is 5.94. The van der Waals surface area contributed by atoms with Crippen molar-refractivity contribution in [2.24, 2.45) is 14.1 Å². The lowest BCUT2D eigenvalue weighted by Crippen LogP contribution is -2.36. The molecule has 1 aliphatic rings. The third kappa shape index (κ3) is 3.42. The van der Waals surface area contributed by atoms with E-state index in [1.165, 1.54) is 18.8 Å². The van der Waals surface area contributed by atoms with Crippen molar-refractivity contribution in [1.82, 2.24) is 24.5 Å². The number of fused-ring (bicyclic) bond motifs is 1. The van der Waals surface area contributed by atoms with E-state index in [0.29, 0.717) is 41.4 Å². The summed E-state index contributed by atoms with van der Waals surface area (Å²) in [5, 5.41) is 8.08. The Hall–Kier alpha value is -3.30. The smallest absolute Gasteiger partial charge is 0.435 e. The van der Waals surface area contributed by atoms with Crippen LogP contribution < -0.4 is 4.74 Å². The van der Waals surface area contributed by atoms with Crippen LogP contribution in [0.15, 0.2) is 30.3 Å². The Morgan fingerprint density at radius 3 is 2.57 bits per heavy atom. The van der Waals surface area contributed by atoms with Gasteiger partial charge in [-0.05, 0) is 30.7 Å². The summed E-state index contributed by atoms with van der Waals surface area (Å²) < 4.78 is 47.2. The molecule has 0 fully saturated rings. The average molecular weight is 419 g/mol. The number of rotatable bonds is 3. The molecule has 3 aromatic rings. The minimum Gasteiger partial charge on any atom is -0.497 e. The van der Waals surface area contributed by atoms with E-state index in [1.54, 1.807) is 40.9 Å². The van der Waals surface area contributed by atoms with E-state index in [-0.39, 0.29) is 12.5 Å². The zero-order chi connectivity index (χ0) is 21.6. The number of alkyl halides is 3. The van der Waals surface area contributed by atoms with Crippen molar-refractivity contribution in [3.8, 4) is 17.1 Å². The number of benzene rings is 1. The van der Waals surface area contributed by atoms with Crippen LogP contribution in [0.3, 0.4) is 0 Å². The van der Waals surface area contributed by atoms with Gasteiger partial charge in [0.2, 0.25) is 0 Å². The molecule has 1 amide bonds. The molecule has 0 atom stereocenters. The molecule has 10 heteroatoms. The van der Waals surface area contributed by atoms with E-state index in [4.69, 9.17) is 4.74 Å². The molecule has 0 saturated heterocycles. The lowest BCUT2D eigenvalue weighted by atomic mass is 10.0. The van der Waals surface area contributed by atoms with Crippen LogP contribution in [0.5, 0.6) is 5.75 Å². The second-order valence-corrected chi connectivity index (χ2v) is 7.14. The fraction of sp³-hybridized carbons (Fsp3) is 0.350. The van der Waals surface area contributed by atoms with Crippen molar-refractivity contribution < 1.29 is 22.7 Å². The van der Waals surface area contributed by atoms with Gasteiger partial charge in [0.05, 0.1) is 30.7 Å². The fourth-order valence-corrected chi connectivity index (χ4v) is 3.78. The molecule has 158 valence electrons. The van der Waals surface area contributed by atoms with Crippen LogP contribution in [0.25, 0.3) is 11.4 Å². The van der Waals surface area contributed by atoms with Gasteiger partial charge >= 0.3 is 6.18 Å². The highest BCUT2D eigenvalue weighted by atomic mass is 19.4. The van der Waals surface area contributed by atoms with Crippen LogP contribution in [0, 0.1) is 0 Å². The summed E-state index contributed by atoms with van der Waals surface area (Å²) in [6, 6.07) is 7.94. The van der Waals surface area contributed by atoms with E-state index in [0.717, 1.165) is 11.6 Å². The van der Waals surface area contributed by atoms with Crippen LogP contribution in [0.1, 0.15) is 27.3 Å². The molecule has 0 N–H and O–H groups in total. The van der Waals surface area contributed by atoms with Gasteiger partial charge in [-0.1, -0.05) is 6.07 Å². The van der Waals surface area contributed by atoms with Crippen molar-refractivity contribution >= 4 is 5.91 Å². The quantitative estimate of drug-likeness (QED) is 0.655. The largest absolute Gasteiger partial charge is 0.497 e. The normalized spacial score (nSPS) is 14.0. The van der Waals surface area contributed by atoms with Crippen LogP contribution >= 0.6 is 0 Å². The zero-order valence-electron chi connectivity index (χ0n) is 16.7. The maximum atomic E-state index is 13.1. The van der Waals surface area contributed by atoms with Gasteiger partial charge in [-0.15, -0.1) is 0 Å². The Kier molecular flexibility index (Phi) is 4.79. The lowest BCUT2D eigenvalue weighted by molar-refractivity contribution is -0.141. The molecular weight excluding hydrogens is 399 g/mol. The number of amides is 1. The number of nitrogens with zero attached hydrogens (tertiary/aromatic N) is 5. The van der Waals surface area contributed by atoms with Crippen molar-refractivity contribution in [2.45, 2.75) is 19.1 Å². The number of carbonyl (C=O) groups excluding carboxylic acids is 1. The molecule has 0 radical (unpaired) electrons. The van der Waals surface area contributed by atoms with E-state index in [9.17, 15) is 18.0 Å². The molecule has 1 aromatic carbocycles. The molecule has 0 unspecified atom stereocenters. The maximum Gasteiger partial charge on any atom is 0.435 e. The number of ether oxygens (including phenoxy) is 1. The summed E-state index contributed by atoms with van der Waals surface area (Å²) in [4.78, 5) is 14.6. The van der Waals surface area contributed by atoms with Gasteiger partial charge in [0, 0.05) is 31.8 Å². The summed E-state index contributed by atoms with van der Waals surface area (Å²) in [5.41, 5.74) is 2.00. The maximum absolute atomic E-state index is 13.1. The molecule has 0 saturated carbocycles. The molecule has 2 aromatic heterocycles. The van der Waals surface area contributed by atoms with Gasteiger partial charge in [0.1, 0.15) is 5.75 Å². The zero-order valence-corrected chi connectivity index (χ0v) is 16.7. The number of aryl methyl sites for hydroxylation is 2. The van der Waals surface area contributed by atoms with Crippen molar-refractivity contribution in [3.05, 3.63) is 52.8 Å². The number of methoxy groups -OCH3 is 1. The van der Waals surface area contributed by atoms with Gasteiger partial charge in [0.25, 0.3) is 5.91 Å². The summed E-state index contributed by atoms with van der Waals surface area (Å²) in [7, 11) is 4.70. The Bertz CT molecular complexity index is 1120. The van der Waals surface area contributed by atoms with Gasteiger partial charge in [-0.2, -0.15) is 23.4 Å². The molecular formula is C20H20F3N5O2. The average Bonchev–Trinajstić information content (AvgIpc) is 3.25. The Morgan fingerprint density at radius 2 is 1.90 bits per heavy atom. The fourth-order valence-electron chi connectivity index (χ4n) is 3.78. The number of aromatic nitrogens is 4. The summed E-state index contributed by atoms with van der Waals surface area (Å²) in [6.45, 7) is 0.717. The molecule has 0 bridgehead atoms. The van der Waals surface area contributed by atoms with Gasteiger partial charge in [0.15, 0.2) is 5.69 Å². The Labute approximate surface area is 170 Å². The first-order valence-electron chi connectivity index (χ1n) is 9.28. The summed E-state index contributed by atoms with van der Waals surface area (Å²) in [5.74, 6) is 0.446. The molecule has 0 aliphatic carbocycles. The van der Waals surface area contributed by atoms with E-state index < -0.39 is 11.9 Å². The number of halogens is 3. The topological polar surface area (TPSA) is 65.2 Å².